The second-order valence-electron chi connectivity index (χ2n) is 4.04. The number of nitro benzene ring substituents is 1. The molecule has 0 aliphatic carbocycles. The van der Waals surface area contributed by atoms with Gasteiger partial charge >= 0.3 is 0 Å². The number of aliphatic hydroxyl groups is 1. The maximum atomic E-state index is 10.7. The zero-order valence-corrected chi connectivity index (χ0v) is 10.3. The van der Waals surface area contributed by atoms with Crippen LogP contribution in [0.3, 0.4) is 0 Å². The predicted octanol–water partition coefficient (Wildman–Crippen LogP) is 1.46. The number of aromatic nitrogens is 2. The molecule has 8 nitrogen and oxygen atoms in total. The summed E-state index contributed by atoms with van der Waals surface area (Å²) >= 11 is 0. The monoisotopic (exact) mass is 274 g/mol. The highest BCUT2D eigenvalue weighted by atomic mass is 16.6. The van der Waals surface area contributed by atoms with Gasteiger partial charge in [-0.15, -0.1) is 0 Å². The summed E-state index contributed by atoms with van der Waals surface area (Å²) in [6.07, 6.45) is -0.845. The van der Waals surface area contributed by atoms with E-state index >= 15 is 0 Å². The lowest BCUT2D eigenvalue weighted by Crippen LogP contribution is -2.09. The normalized spacial score (nSPS) is 11.8. The van der Waals surface area contributed by atoms with Crippen LogP contribution in [0.25, 0.3) is 11.4 Å². The molecule has 1 N–H and O–H groups in total. The van der Waals surface area contributed by atoms with Crippen molar-refractivity contribution in [3.63, 3.8) is 0 Å². The van der Waals surface area contributed by atoms with Crippen LogP contribution in [0.5, 0.6) is 0 Å². The fourth-order valence-corrected chi connectivity index (χ4v) is 1.59. The number of aliphatic hydroxyl groups excluding tert-OH is 1. The van der Waals surface area contributed by atoms with E-state index in [-0.39, 0.29) is 30.2 Å². The van der Waals surface area contributed by atoms with Gasteiger partial charge in [-0.1, -0.05) is 17.3 Å². The Hall–Kier alpha value is -2.79. The van der Waals surface area contributed by atoms with Gasteiger partial charge in [-0.05, 0) is 0 Å². The average Bonchev–Trinajstić information content (AvgIpc) is 2.87. The molecule has 2 aromatic rings. The summed E-state index contributed by atoms with van der Waals surface area (Å²) in [6, 6.07) is 7.67. The molecule has 8 heteroatoms. The number of non-ortho nitro benzene ring substituents is 1. The van der Waals surface area contributed by atoms with Crippen molar-refractivity contribution in [2.75, 3.05) is 0 Å². The van der Waals surface area contributed by atoms with E-state index in [1.807, 2.05) is 6.07 Å². The molecule has 1 atom stereocenters. The summed E-state index contributed by atoms with van der Waals surface area (Å²) in [4.78, 5) is 14.2. The first-order valence-corrected chi connectivity index (χ1v) is 5.72. The molecule has 0 spiro atoms. The fraction of sp³-hybridized carbons (Fsp3) is 0.250. The van der Waals surface area contributed by atoms with E-state index in [9.17, 15) is 15.2 Å². The Bertz CT molecular complexity index is 661. The molecule has 0 fully saturated rings. The highest BCUT2D eigenvalue weighted by Gasteiger charge is 2.15. The molecule has 0 saturated heterocycles. The van der Waals surface area contributed by atoms with Crippen molar-refractivity contribution in [2.45, 2.75) is 18.9 Å². The molecule has 0 amide bonds. The Kier molecular flexibility index (Phi) is 4.02. The minimum Gasteiger partial charge on any atom is -0.392 e. The molecule has 1 unspecified atom stereocenters. The van der Waals surface area contributed by atoms with Gasteiger partial charge in [-0.25, -0.2) is 0 Å². The minimum atomic E-state index is -0.876. The van der Waals surface area contributed by atoms with E-state index in [0.29, 0.717) is 5.56 Å². The maximum Gasteiger partial charge on any atom is 0.270 e. The molecule has 0 bridgehead atoms. The fourth-order valence-electron chi connectivity index (χ4n) is 1.59. The second-order valence-corrected chi connectivity index (χ2v) is 4.04. The zero-order valence-electron chi connectivity index (χ0n) is 10.3. The summed E-state index contributed by atoms with van der Waals surface area (Å²) < 4.78 is 4.94. The summed E-state index contributed by atoms with van der Waals surface area (Å²) in [5.41, 5.74) is 0.377. The molecule has 0 aliphatic rings. The molecule has 1 aromatic carbocycles. The average molecular weight is 274 g/mol. The largest absolute Gasteiger partial charge is 0.392 e. The minimum absolute atomic E-state index is 0.0332. The molecule has 1 aromatic heterocycles. The van der Waals surface area contributed by atoms with E-state index in [4.69, 9.17) is 9.78 Å². The van der Waals surface area contributed by atoms with Crippen LogP contribution < -0.4 is 0 Å². The first-order chi connectivity index (χ1) is 9.60. The van der Waals surface area contributed by atoms with Gasteiger partial charge in [0.25, 0.3) is 5.69 Å². The standard InChI is InChI=1S/C12H10N4O4/c13-5-4-10(17)7-11-14-12(15-20-11)8-2-1-3-9(6-8)16(18)19/h1-3,6,10,17H,4,7H2. The SMILES string of the molecule is N#CCC(O)Cc1nc(-c2cccc([N+](=O)[O-])c2)no1. The number of rotatable bonds is 5. The third kappa shape index (κ3) is 3.15. The number of benzene rings is 1. The second kappa shape index (κ2) is 5.90. The number of nitriles is 1. The summed E-state index contributed by atoms with van der Waals surface area (Å²) in [6.45, 7) is 0. The molecule has 0 aliphatic heterocycles. The number of nitrogens with zero attached hydrogens (tertiary/aromatic N) is 4. The third-order valence-electron chi connectivity index (χ3n) is 2.52. The highest BCUT2D eigenvalue weighted by molar-refractivity contribution is 5.58. The highest BCUT2D eigenvalue weighted by Crippen LogP contribution is 2.21. The van der Waals surface area contributed by atoms with Crippen LogP contribution in [0.4, 0.5) is 5.69 Å². The van der Waals surface area contributed by atoms with Crippen LogP contribution >= 0.6 is 0 Å². The molecule has 102 valence electrons. The third-order valence-corrected chi connectivity index (χ3v) is 2.52. The van der Waals surface area contributed by atoms with Crippen molar-refractivity contribution in [1.29, 1.82) is 5.26 Å². The smallest absolute Gasteiger partial charge is 0.270 e. The topological polar surface area (TPSA) is 126 Å². The van der Waals surface area contributed by atoms with Crippen LogP contribution in [-0.4, -0.2) is 26.3 Å². The quantitative estimate of drug-likeness (QED) is 0.645. The number of hydrogen-bond donors (Lipinski definition) is 1. The van der Waals surface area contributed by atoms with Crippen LogP contribution in [0.2, 0.25) is 0 Å². The molecule has 20 heavy (non-hydrogen) atoms. The van der Waals surface area contributed by atoms with Gasteiger partial charge in [-0.3, -0.25) is 10.1 Å². The lowest BCUT2D eigenvalue weighted by atomic mass is 10.2. The molecule has 0 radical (unpaired) electrons. The van der Waals surface area contributed by atoms with Crippen molar-refractivity contribution in [1.82, 2.24) is 10.1 Å². The Balaban J connectivity index is 2.18. The van der Waals surface area contributed by atoms with E-state index in [2.05, 4.69) is 10.1 Å². The Morgan fingerprint density at radius 2 is 2.35 bits per heavy atom. The van der Waals surface area contributed by atoms with Gasteiger partial charge in [0, 0.05) is 17.7 Å². The van der Waals surface area contributed by atoms with E-state index in [0.717, 1.165) is 0 Å². The van der Waals surface area contributed by atoms with Crippen molar-refractivity contribution in [3.05, 3.63) is 40.3 Å². The summed E-state index contributed by atoms with van der Waals surface area (Å²) in [7, 11) is 0. The molecule has 1 heterocycles. The van der Waals surface area contributed by atoms with Crippen molar-refractivity contribution >= 4 is 5.69 Å². The van der Waals surface area contributed by atoms with Gasteiger partial charge in [0.1, 0.15) is 0 Å². The number of hydrogen-bond acceptors (Lipinski definition) is 7. The van der Waals surface area contributed by atoms with Crippen LogP contribution in [0.15, 0.2) is 28.8 Å². The van der Waals surface area contributed by atoms with Gasteiger partial charge in [0.05, 0.1) is 29.9 Å². The lowest BCUT2D eigenvalue weighted by molar-refractivity contribution is -0.384. The van der Waals surface area contributed by atoms with Crippen LogP contribution in [0, 0.1) is 21.4 Å². The first-order valence-electron chi connectivity index (χ1n) is 5.72. The lowest BCUT2D eigenvalue weighted by Gasteiger charge is -1.99. The summed E-state index contributed by atoms with van der Waals surface area (Å²) in [5.74, 6) is 0.377. The van der Waals surface area contributed by atoms with E-state index in [1.54, 1.807) is 6.07 Å². The van der Waals surface area contributed by atoms with Gasteiger partial charge in [-0.2, -0.15) is 10.2 Å². The van der Waals surface area contributed by atoms with Crippen LogP contribution in [-0.2, 0) is 6.42 Å². The van der Waals surface area contributed by atoms with Gasteiger partial charge < -0.3 is 9.63 Å². The maximum absolute atomic E-state index is 10.7. The van der Waals surface area contributed by atoms with Crippen LogP contribution in [0.1, 0.15) is 12.3 Å². The van der Waals surface area contributed by atoms with E-state index in [1.165, 1.54) is 18.2 Å². The van der Waals surface area contributed by atoms with Crippen molar-refractivity contribution in [3.8, 4) is 17.5 Å². The zero-order chi connectivity index (χ0) is 14.5. The predicted molar refractivity (Wildman–Crippen MR) is 66.3 cm³/mol. The molecular weight excluding hydrogens is 264 g/mol. The molecule has 2 rings (SSSR count). The van der Waals surface area contributed by atoms with Gasteiger partial charge in [0.15, 0.2) is 0 Å². The van der Waals surface area contributed by atoms with Gasteiger partial charge in [0.2, 0.25) is 11.7 Å². The Labute approximate surface area is 113 Å². The number of nitro groups is 1. The summed E-state index contributed by atoms with van der Waals surface area (Å²) in [5, 5.41) is 32.3. The Morgan fingerprint density at radius 3 is 3.05 bits per heavy atom. The van der Waals surface area contributed by atoms with E-state index < -0.39 is 11.0 Å². The molecule has 0 saturated carbocycles. The van der Waals surface area contributed by atoms with Crippen molar-refractivity contribution in [2.24, 2.45) is 0 Å². The molecular formula is C12H10N4O4. The van der Waals surface area contributed by atoms with Crippen molar-refractivity contribution < 1.29 is 14.6 Å². The Morgan fingerprint density at radius 1 is 1.55 bits per heavy atom. The first kappa shape index (κ1) is 13.6.